The summed E-state index contributed by atoms with van der Waals surface area (Å²) in [5.41, 5.74) is 11.4. The van der Waals surface area contributed by atoms with Gasteiger partial charge in [-0.25, -0.2) is 4.98 Å². The molecule has 0 amide bonds. The molecule has 0 spiro atoms. The number of morpholine rings is 1. The number of aliphatic hydroxyl groups excluding tert-OH is 1. The molecule has 8 heteroatoms. The van der Waals surface area contributed by atoms with Crippen LogP contribution in [0.15, 0.2) is 30.5 Å². The first-order valence-corrected chi connectivity index (χ1v) is 10.3. The van der Waals surface area contributed by atoms with Crippen LogP contribution in [0, 0.1) is 6.92 Å². The number of nitrogens with zero attached hydrogens (tertiary/aromatic N) is 3. The van der Waals surface area contributed by atoms with Crippen molar-refractivity contribution in [2.45, 2.75) is 32.4 Å². The molecule has 30 heavy (non-hydrogen) atoms. The molecule has 2 atom stereocenters. The lowest BCUT2D eigenvalue weighted by atomic mass is 10.00. The summed E-state index contributed by atoms with van der Waals surface area (Å²) in [6.07, 6.45) is 0.895. The van der Waals surface area contributed by atoms with Crippen molar-refractivity contribution in [3.63, 3.8) is 0 Å². The highest BCUT2D eigenvalue weighted by atomic mass is 35.5. The average Bonchev–Trinajstić information content (AvgIpc) is 3.24. The highest BCUT2D eigenvalue weighted by Gasteiger charge is 2.32. The molecule has 5 rings (SSSR count). The van der Waals surface area contributed by atoms with E-state index in [1.54, 1.807) is 12.3 Å². The van der Waals surface area contributed by atoms with Gasteiger partial charge in [0.05, 0.1) is 38.0 Å². The van der Waals surface area contributed by atoms with Crippen LogP contribution in [-0.4, -0.2) is 39.7 Å². The molecule has 0 bridgehead atoms. The molecule has 2 aliphatic rings. The smallest absolute Gasteiger partial charge is 0.135 e. The molecule has 156 valence electrons. The molecule has 1 fully saturated rings. The van der Waals surface area contributed by atoms with Crippen molar-refractivity contribution in [1.82, 2.24) is 14.9 Å². The Morgan fingerprint density at radius 2 is 2.07 bits per heavy atom. The number of benzene rings is 1. The number of rotatable bonds is 3. The molecule has 4 heterocycles. The zero-order chi connectivity index (χ0) is 20.8. The Labute approximate surface area is 179 Å². The Balaban J connectivity index is 1.57. The third-order valence-corrected chi connectivity index (χ3v) is 6.24. The van der Waals surface area contributed by atoms with Gasteiger partial charge in [0.2, 0.25) is 0 Å². The van der Waals surface area contributed by atoms with Crippen LogP contribution in [0.3, 0.4) is 0 Å². The lowest BCUT2D eigenvalue weighted by Crippen LogP contribution is -2.42. The summed E-state index contributed by atoms with van der Waals surface area (Å²) in [6, 6.07) is 7.59. The number of hydrogen-bond donors (Lipinski definition) is 2. The summed E-state index contributed by atoms with van der Waals surface area (Å²) >= 11 is 6.60. The number of nitrogens with two attached hydrogens (primary N) is 1. The summed E-state index contributed by atoms with van der Waals surface area (Å²) in [6.45, 7) is 4.51. The van der Waals surface area contributed by atoms with E-state index in [1.165, 1.54) is 0 Å². The second-order valence-electron chi connectivity index (χ2n) is 7.77. The number of pyridine rings is 2. The second kappa shape index (κ2) is 7.76. The maximum atomic E-state index is 11.4. The third kappa shape index (κ3) is 3.33. The minimum absolute atomic E-state index is 0.0965. The van der Waals surface area contributed by atoms with E-state index in [0.717, 1.165) is 27.8 Å². The van der Waals surface area contributed by atoms with Gasteiger partial charge in [-0.05, 0) is 42.3 Å². The summed E-state index contributed by atoms with van der Waals surface area (Å²) in [5.74, 6) is 0.473. The van der Waals surface area contributed by atoms with Crippen LogP contribution >= 0.6 is 11.6 Å². The number of anilines is 1. The highest BCUT2D eigenvalue weighted by molar-refractivity contribution is 6.32. The number of fused-ring (bicyclic) bond motifs is 3. The molecule has 2 unspecified atom stereocenters. The first-order valence-electron chi connectivity index (χ1n) is 9.95. The average molecular weight is 427 g/mol. The molecule has 1 aromatic carbocycles. The third-order valence-electron chi connectivity index (χ3n) is 5.91. The maximum absolute atomic E-state index is 11.4. The monoisotopic (exact) mass is 426 g/mol. The van der Waals surface area contributed by atoms with Crippen LogP contribution in [0.4, 0.5) is 5.82 Å². The van der Waals surface area contributed by atoms with Crippen molar-refractivity contribution in [2.24, 2.45) is 0 Å². The van der Waals surface area contributed by atoms with Crippen LogP contribution in [0.1, 0.15) is 40.2 Å². The van der Waals surface area contributed by atoms with Gasteiger partial charge in [0.1, 0.15) is 12.0 Å². The van der Waals surface area contributed by atoms with Gasteiger partial charge in [0.25, 0.3) is 0 Å². The van der Waals surface area contributed by atoms with E-state index in [4.69, 9.17) is 26.8 Å². The van der Waals surface area contributed by atoms with E-state index >= 15 is 0 Å². The van der Waals surface area contributed by atoms with E-state index in [1.807, 2.05) is 30.0 Å². The minimum Gasteiger partial charge on any atom is -0.383 e. The van der Waals surface area contributed by atoms with E-state index < -0.39 is 6.23 Å². The molecule has 1 saturated heterocycles. The van der Waals surface area contributed by atoms with Crippen LogP contribution in [0.5, 0.6) is 0 Å². The molecule has 0 aliphatic carbocycles. The molecule has 3 N–H and O–H groups in total. The Morgan fingerprint density at radius 3 is 2.90 bits per heavy atom. The Hall–Kier alpha value is -2.29. The quantitative estimate of drug-likeness (QED) is 0.663. The number of aryl methyl sites for hydroxylation is 1. The lowest BCUT2D eigenvalue weighted by molar-refractivity contribution is -0.0980. The number of aromatic nitrogens is 2. The van der Waals surface area contributed by atoms with Crippen molar-refractivity contribution in [3.8, 4) is 0 Å². The van der Waals surface area contributed by atoms with Gasteiger partial charge in [-0.2, -0.15) is 0 Å². The Morgan fingerprint density at radius 1 is 1.23 bits per heavy atom. The van der Waals surface area contributed by atoms with Crippen molar-refractivity contribution in [3.05, 3.63) is 63.4 Å². The van der Waals surface area contributed by atoms with E-state index in [2.05, 4.69) is 9.97 Å². The predicted octanol–water partition coefficient (Wildman–Crippen LogP) is 3.27. The van der Waals surface area contributed by atoms with Crippen molar-refractivity contribution in [2.75, 3.05) is 25.5 Å². The molecular weight excluding hydrogens is 404 g/mol. The highest BCUT2D eigenvalue weighted by Crippen LogP contribution is 2.38. The van der Waals surface area contributed by atoms with E-state index in [0.29, 0.717) is 54.9 Å². The number of aliphatic hydroxyl groups is 1. The number of nitrogen functional groups attached to an aromatic ring is 1. The Kier molecular flexibility index (Phi) is 5.08. The van der Waals surface area contributed by atoms with Crippen LogP contribution in [0.2, 0.25) is 5.02 Å². The number of ether oxygens (including phenoxy) is 2. The molecule has 3 aromatic rings. The minimum atomic E-state index is -0.889. The summed E-state index contributed by atoms with van der Waals surface area (Å²) in [4.78, 5) is 10.8. The van der Waals surface area contributed by atoms with Crippen LogP contribution in [0.25, 0.3) is 10.9 Å². The van der Waals surface area contributed by atoms with E-state index in [9.17, 15) is 5.11 Å². The first kappa shape index (κ1) is 19.7. The fraction of sp³-hybridized carbons (Fsp3) is 0.364. The summed E-state index contributed by atoms with van der Waals surface area (Å²) < 4.78 is 11.3. The second-order valence-corrected chi connectivity index (χ2v) is 8.18. The largest absolute Gasteiger partial charge is 0.383 e. The molecular formula is C22H23ClN4O3. The van der Waals surface area contributed by atoms with Gasteiger partial charge < -0.3 is 20.3 Å². The van der Waals surface area contributed by atoms with Gasteiger partial charge in [0, 0.05) is 40.0 Å². The molecule has 7 nitrogen and oxygen atoms in total. The zero-order valence-corrected chi connectivity index (χ0v) is 17.4. The molecule has 2 aromatic heterocycles. The summed E-state index contributed by atoms with van der Waals surface area (Å²) in [5, 5.41) is 12.8. The maximum Gasteiger partial charge on any atom is 0.135 e. The molecule has 0 saturated carbocycles. The van der Waals surface area contributed by atoms with Crippen molar-refractivity contribution < 1.29 is 14.6 Å². The topological polar surface area (TPSA) is 93.7 Å². The van der Waals surface area contributed by atoms with Gasteiger partial charge >= 0.3 is 0 Å². The van der Waals surface area contributed by atoms with Gasteiger partial charge in [-0.1, -0.05) is 11.6 Å². The van der Waals surface area contributed by atoms with Crippen molar-refractivity contribution >= 4 is 28.3 Å². The fourth-order valence-corrected chi connectivity index (χ4v) is 4.61. The normalized spacial score (nSPS) is 20.4. The molecule has 0 radical (unpaired) electrons. The van der Waals surface area contributed by atoms with Crippen LogP contribution in [-0.2, 0) is 22.7 Å². The number of hydrogen-bond acceptors (Lipinski definition) is 7. The van der Waals surface area contributed by atoms with Gasteiger partial charge in [-0.15, -0.1) is 0 Å². The van der Waals surface area contributed by atoms with Gasteiger partial charge in [-0.3, -0.25) is 9.88 Å². The predicted molar refractivity (Wildman–Crippen MR) is 114 cm³/mol. The zero-order valence-electron chi connectivity index (χ0n) is 16.6. The SMILES string of the molecule is Cc1cc(C2COCCN2C(O)c2cc3c4c(c(N)nc3cc2Cl)COC4)ccn1. The number of halogens is 1. The fourth-order valence-electron chi connectivity index (χ4n) is 4.36. The Bertz CT molecular complexity index is 1120. The lowest BCUT2D eigenvalue weighted by Gasteiger charge is -2.39. The van der Waals surface area contributed by atoms with Crippen molar-refractivity contribution in [1.29, 1.82) is 0 Å². The van der Waals surface area contributed by atoms with Crippen LogP contribution < -0.4 is 5.73 Å². The molecule has 2 aliphatic heterocycles. The standard InChI is InChI=1S/C22H23ClN4O3/c1-12-6-13(2-3-25-12)20-11-29-5-4-27(20)22(28)15-7-14-16-9-30-10-17(16)21(24)26-19(14)8-18(15)23/h2-3,6-8,20,22,28H,4-5,9-11H2,1H3,(H2,24,26). The van der Waals surface area contributed by atoms with Gasteiger partial charge in [0.15, 0.2) is 0 Å². The first-order chi connectivity index (χ1) is 14.5. The summed E-state index contributed by atoms with van der Waals surface area (Å²) in [7, 11) is 0. The van der Waals surface area contributed by atoms with E-state index in [-0.39, 0.29) is 6.04 Å².